The Bertz CT molecular complexity index is 535. The normalized spacial score (nSPS) is 28.4. The van der Waals surface area contributed by atoms with Crippen LogP contribution in [0.2, 0.25) is 0 Å². The molecule has 0 amide bonds. The minimum atomic E-state index is -1.04. The first-order valence-corrected chi connectivity index (χ1v) is 7.75. The molecule has 2 atom stereocenters. The molecule has 0 aliphatic carbocycles. The van der Waals surface area contributed by atoms with Crippen LogP contribution >= 0.6 is 11.8 Å². The summed E-state index contributed by atoms with van der Waals surface area (Å²) < 4.78 is 31.7. The first-order chi connectivity index (χ1) is 9.58. The van der Waals surface area contributed by atoms with Crippen molar-refractivity contribution in [1.29, 1.82) is 0 Å². The Hall–Kier alpha value is -1.10. The first kappa shape index (κ1) is 13.9. The number of carbonyl (C=O) groups is 1. The molecule has 0 spiro atoms. The lowest BCUT2D eigenvalue weighted by Gasteiger charge is -2.26. The Balaban J connectivity index is 1.85. The van der Waals surface area contributed by atoms with Gasteiger partial charge in [0.25, 0.3) is 0 Å². The molecule has 1 aromatic rings. The van der Waals surface area contributed by atoms with Crippen LogP contribution in [0.15, 0.2) is 12.1 Å². The van der Waals surface area contributed by atoms with Crippen molar-refractivity contribution >= 4 is 17.5 Å². The molecular weight excluding hydrogens is 282 g/mol. The third kappa shape index (κ3) is 2.43. The lowest BCUT2D eigenvalue weighted by molar-refractivity contribution is 0.0906. The SMILES string of the molecule is COc1cc(C(=O)C2CC3CCC(C2)S3)cc(F)c1F. The van der Waals surface area contributed by atoms with Gasteiger partial charge >= 0.3 is 0 Å². The van der Waals surface area contributed by atoms with E-state index in [2.05, 4.69) is 0 Å². The fourth-order valence-electron chi connectivity index (χ4n) is 3.16. The van der Waals surface area contributed by atoms with Crippen LogP contribution in [0.5, 0.6) is 5.75 Å². The van der Waals surface area contributed by atoms with Crippen molar-refractivity contribution in [2.24, 2.45) is 5.92 Å². The van der Waals surface area contributed by atoms with E-state index in [1.807, 2.05) is 11.8 Å². The summed E-state index contributed by atoms with van der Waals surface area (Å²) in [6, 6.07) is 2.30. The highest BCUT2D eigenvalue weighted by Gasteiger charge is 2.38. The maximum absolute atomic E-state index is 13.5. The molecule has 0 radical (unpaired) electrons. The number of methoxy groups -OCH3 is 1. The molecule has 2 saturated heterocycles. The zero-order valence-corrected chi connectivity index (χ0v) is 12.0. The van der Waals surface area contributed by atoms with Gasteiger partial charge in [-0.2, -0.15) is 16.2 Å². The number of rotatable bonds is 3. The summed E-state index contributed by atoms with van der Waals surface area (Å²) in [5, 5.41) is 1.10. The Morgan fingerprint density at radius 2 is 1.90 bits per heavy atom. The number of ketones is 1. The van der Waals surface area contributed by atoms with E-state index in [1.54, 1.807) is 0 Å². The van der Waals surface area contributed by atoms with Gasteiger partial charge in [0.2, 0.25) is 5.82 Å². The number of Topliss-reactive ketones (excluding diaryl/α,β-unsaturated/α-hetero) is 1. The van der Waals surface area contributed by atoms with Gasteiger partial charge in [0.1, 0.15) is 0 Å². The van der Waals surface area contributed by atoms with Crippen LogP contribution in [0.1, 0.15) is 36.0 Å². The van der Waals surface area contributed by atoms with E-state index in [4.69, 9.17) is 4.74 Å². The summed E-state index contributed by atoms with van der Waals surface area (Å²) in [4.78, 5) is 12.5. The lowest BCUT2D eigenvalue weighted by atomic mass is 9.90. The Kier molecular flexibility index (Phi) is 3.71. The molecule has 108 valence electrons. The third-order valence-electron chi connectivity index (χ3n) is 4.16. The number of halogens is 2. The maximum atomic E-state index is 13.5. The van der Waals surface area contributed by atoms with Gasteiger partial charge in [0, 0.05) is 22.0 Å². The summed E-state index contributed by atoms with van der Waals surface area (Å²) in [7, 11) is 1.27. The fraction of sp³-hybridized carbons (Fsp3) is 0.533. The van der Waals surface area contributed by atoms with Gasteiger partial charge in [0.05, 0.1) is 7.11 Å². The maximum Gasteiger partial charge on any atom is 0.200 e. The number of hydrogen-bond donors (Lipinski definition) is 0. The van der Waals surface area contributed by atoms with Crippen LogP contribution in [0.25, 0.3) is 0 Å². The molecule has 3 rings (SSSR count). The highest BCUT2D eigenvalue weighted by Crippen LogP contribution is 2.46. The van der Waals surface area contributed by atoms with Gasteiger partial charge in [-0.1, -0.05) is 0 Å². The lowest BCUT2D eigenvalue weighted by Crippen LogP contribution is -2.25. The number of fused-ring (bicyclic) bond motifs is 2. The standard InChI is InChI=1S/C15H16F2O2S/c1-19-13-7-9(6-12(16)14(13)17)15(18)8-4-10-2-3-11(5-8)20-10/h6-8,10-11H,2-5H2,1H3. The van der Waals surface area contributed by atoms with Crippen molar-refractivity contribution in [2.45, 2.75) is 36.2 Å². The molecule has 2 fully saturated rings. The van der Waals surface area contributed by atoms with E-state index in [0.717, 1.165) is 18.9 Å². The van der Waals surface area contributed by atoms with Crippen LogP contribution in [0.4, 0.5) is 8.78 Å². The summed E-state index contributed by atoms with van der Waals surface area (Å²) in [5.74, 6) is -2.42. The van der Waals surface area contributed by atoms with Gasteiger partial charge < -0.3 is 4.74 Å². The minimum absolute atomic E-state index is 0.0664. The molecule has 5 heteroatoms. The van der Waals surface area contributed by atoms with Crippen molar-refractivity contribution in [3.63, 3.8) is 0 Å². The van der Waals surface area contributed by atoms with Crippen molar-refractivity contribution in [3.05, 3.63) is 29.3 Å². The molecule has 0 saturated carbocycles. The van der Waals surface area contributed by atoms with Crippen molar-refractivity contribution in [2.75, 3.05) is 7.11 Å². The predicted octanol–water partition coefficient (Wildman–Crippen LogP) is 3.83. The van der Waals surface area contributed by atoms with Gasteiger partial charge in [-0.25, -0.2) is 4.39 Å². The molecule has 2 unspecified atom stereocenters. The Morgan fingerprint density at radius 3 is 2.50 bits per heavy atom. The summed E-state index contributed by atoms with van der Waals surface area (Å²) in [6.07, 6.45) is 4.03. The highest BCUT2D eigenvalue weighted by atomic mass is 32.2. The number of hydrogen-bond acceptors (Lipinski definition) is 3. The van der Waals surface area contributed by atoms with E-state index in [9.17, 15) is 13.6 Å². The molecule has 0 N–H and O–H groups in total. The van der Waals surface area contributed by atoms with Crippen LogP contribution in [-0.2, 0) is 0 Å². The molecule has 2 aliphatic heterocycles. The van der Waals surface area contributed by atoms with Crippen molar-refractivity contribution in [1.82, 2.24) is 0 Å². The molecule has 20 heavy (non-hydrogen) atoms. The predicted molar refractivity (Wildman–Crippen MR) is 74.4 cm³/mol. The van der Waals surface area contributed by atoms with Crippen LogP contribution in [0.3, 0.4) is 0 Å². The van der Waals surface area contributed by atoms with Crippen molar-refractivity contribution in [3.8, 4) is 5.75 Å². The molecular formula is C15H16F2O2S. The van der Waals surface area contributed by atoms with Gasteiger partial charge in [-0.15, -0.1) is 0 Å². The van der Waals surface area contributed by atoms with E-state index >= 15 is 0 Å². The smallest absolute Gasteiger partial charge is 0.200 e. The number of ether oxygens (including phenoxy) is 1. The topological polar surface area (TPSA) is 26.3 Å². The fourth-order valence-corrected chi connectivity index (χ4v) is 4.94. The molecule has 0 aromatic heterocycles. The van der Waals surface area contributed by atoms with Crippen LogP contribution < -0.4 is 4.74 Å². The van der Waals surface area contributed by atoms with E-state index < -0.39 is 11.6 Å². The second-order valence-electron chi connectivity index (χ2n) is 5.46. The highest BCUT2D eigenvalue weighted by molar-refractivity contribution is 8.00. The zero-order valence-electron chi connectivity index (χ0n) is 11.2. The second kappa shape index (κ2) is 5.35. The monoisotopic (exact) mass is 298 g/mol. The average Bonchev–Trinajstić information content (AvgIpc) is 2.79. The molecule has 2 heterocycles. The third-order valence-corrected chi connectivity index (χ3v) is 5.79. The quantitative estimate of drug-likeness (QED) is 0.793. The number of carbonyl (C=O) groups excluding carboxylic acids is 1. The Morgan fingerprint density at radius 1 is 1.25 bits per heavy atom. The summed E-state index contributed by atoms with van der Waals surface area (Å²) in [6.45, 7) is 0. The molecule has 2 aliphatic rings. The molecule has 1 aromatic carbocycles. The van der Waals surface area contributed by atoms with E-state index in [1.165, 1.54) is 26.0 Å². The number of thioether (sulfide) groups is 1. The molecule has 2 bridgehead atoms. The van der Waals surface area contributed by atoms with Gasteiger partial charge in [0.15, 0.2) is 17.3 Å². The number of benzene rings is 1. The second-order valence-corrected chi connectivity index (χ2v) is 7.07. The average molecular weight is 298 g/mol. The zero-order chi connectivity index (χ0) is 14.3. The first-order valence-electron chi connectivity index (χ1n) is 6.81. The summed E-state index contributed by atoms with van der Waals surface area (Å²) >= 11 is 1.97. The van der Waals surface area contributed by atoms with Gasteiger partial charge in [-0.05, 0) is 37.8 Å². The molecule has 2 nitrogen and oxygen atoms in total. The van der Waals surface area contributed by atoms with E-state index in [-0.39, 0.29) is 23.0 Å². The van der Waals surface area contributed by atoms with Gasteiger partial charge in [-0.3, -0.25) is 4.79 Å². The minimum Gasteiger partial charge on any atom is -0.494 e. The summed E-state index contributed by atoms with van der Waals surface area (Å²) in [5.41, 5.74) is 0.219. The van der Waals surface area contributed by atoms with E-state index in [0.29, 0.717) is 10.5 Å². The van der Waals surface area contributed by atoms with Crippen molar-refractivity contribution < 1.29 is 18.3 Å². The van der Waals surface area contributed by atoms with Crippen LogP contribution in [-0.4, -0.2) is 23.4 Å². The Labute approximate surface area is 120 Å². The largest absolute Gasteiger partial charge is 0.494 e. The van der Waals surface area contributed by atoms with Crippen LogP contribution in [0, 0.1) is 17.6 Å².